The zero-order valence-electron chi connectivity index (χ0n) is 8.47. The molecule has 72 valence electrons. The predicted molar refractivity (Wildman–Crippen MR) is 51.2 cm³/mol. The Balaban J connectivity index is 2.16. The molecule has 0 aliphatic carbocycles. The fraction of sp³-hybridized carbons (Fsp3) is 1.00. The molecule has 2 unspecified atom stereocenters. The summed E-state index contributed by atoms with van der Waals surface area (Å²) in [5.41, 5.74) is 0. The summed E-state index contributed by atoms with van der Waals surface area (Å²) in [7, 11) is 1.79. The van der Waals surface area contributed by atoms with E-state index < -0.39 is 0 Å². The molecule has 0 aromatic carbocycles. The zero-order chi connectivity index (χ0) is 8.97. The highest BCUT2D eigenvalue weighted by atomic mass is 16.5. The van der Waals surface area contributed by atoms with Crippen molar-refractivity contribution < 1.29 is 4.74 Å². The van der Waals surface area contributed by atoms with Crippen LogP contribution in [-0.4, -0.2) is 26.3 Å². The smallest absolute Gasteiger partial charge is 0.0503 e. The van der Waals surface area contributed by atoms with Gasteiger partial charge in [0.2, 0.25) is 0 Å². The minimum Gasteiger partial charge on any atom is -0.384 e. The second-order valence-corrected chi connectivity index (χ2v) is 4.29. The second kappa shape index (κ2) is 4.83. The lowest BCUT2D eigenvalue weighted by atomic mass is 9.99. The minimum absolute atomic E-state index is 0.741. The lowest BCUT2D eigenvalue weighted by molar-refractivity contribution is 0.158. The first kappa shape index (κ1) is 10.0. The van der Waals surface area contributed by atoms with E-state index >= 15 is 0 Å². The summed E-state index contributed by atoms with van der Waals surface area (Å²) in [6, 6.07) is 0.741. The van der Waals surface area contributed by atoms with Gasteiger partial charge in [0.05, 0.1) is 6.61 Å². The van der Waals surface area contributed by atoms with E-state index in [1.54, 1.807) is 7.11 Å². The van der Waals surface area contributed by atoms with Crippen molar-refractivity contribution in [1.82, 2.24) is 5.32 Å². The van der Waals surface area contributed by atoms with Crippen LogP contribution < -0.4 is 5.32 Å². The summed E-state index contributed by atoms with van der Waals surface area (Å²) >= 11 is 0. The van der Waals surface area contributed by atoms with Gasteiger partial charge in [-0.05, 0) is 24.7 Å². The average molecular weight is 171 g/mol. The normalized spacial score (nSPS) is 30.0. The molecule has 2 heteroatoms. The van der Waals surface area contributed by atoms with Crippen molar-refractivity contribution in [2.75, 3.05) is 20.3 Å². The molecule has 0 spiro atoms. The molecule has 1 saturated heterocycles. The number of hydrogen-bond acceptors (Lipinski definition) is 2. The molecule has 1 rings (SSSR count). The van der Waals surface area contributed by atoms with E-state index in [4.69, 9.17) is 4.74 Å². The second-order valence-electron chi connectivity index (χ2n) is 4.29. The Bertz CT molecular complexity index is 125. The maximum atomic E-state index is 5.14. The first-order valence-corrected chi connectivity index (χ1v) is 4.94. The van der Waals surface area contributed by atoms with Crippen molar-refractivity contribution in [2.24, 2.45) is 11.8 Å². The molecule has 0 saturated carbocycles. The monoisotopic (exact) mass is 171 g/mol. The quantitative estimate of drug-likeness (QED) is 0.694. The van der Waals surface area contributed by atoms with Crippen molar-refractivity contribution in [2.45, 2.75) is 32.7 Å². The Hall–Kier alpha value is -0.0800. The van der Waals surface area contributed by atoms with Crippen LogP contribution in [-0.2, 0) is 4.74 Å². The van der Waals surface area contributed by atoms with Gasteiger partial charge in [0.15, 0.2) is 0 Å². The van der Waals surface area contributed by atoms with Gasteiger partial charge < -0.3 is 10.1 Å². The third-order valence-corrected chi connectivity index (χ3v) is 2.47. The summed E-state index contributed by atoms with van der Waals surface area (Å²) in [5, 5.41) is 3.54. The van der Waals surface area contributed by atoms with Crippen LogP contribution in [0.2, 0.25) is 0 Å². The molecule has 1 N–H and O–H groups in total. The largest absolute Gasteiger partial charge is 0.384 e. The van der Waals surface area contributed by atoms with Crippen molar-refractivity contribution in [3.63, 3.8) is 0 Å². The first-order chi connectivity index (χ1) is 5.72. The lowest BCUT2D eigenvalue weighted by Crippen LogP contribution is -2.22. The van der Waals surface area contributed by atoms with Crippen LogP contribution in [0.5, 0.6) is 0 Å². The molecule has 0 radical (unpaired) electrons. The summed E-state index contributed by atoms with van der Waals surface area (Å²) in [6.07, 6.45) is 2.60. The van der Waals surface area contributed by atoms with E-state index in [9.17, 15) is 0 Å². The van der Waals surface area contributed by atoms with E-state index in [1.807, 2.05) is 0 Å². The molecular formula is C10H21NO. The van der Waals surface area contributed by atoms with Crippen LogP contribution in [0.3, 0.4) is 0 Å². The SMILES string of the molecule is COCC1CNC(CC(C)C)C1. The number of methoxy groups -OCH3 is 1. The summed E-state index contributed by atoms with van der Waals surface area (Å²) in [6.45, 7) is 6.63. The Morgan fingerprint density at radius 3 is 2.83 bits per heavy atom. The molecule has 2 nitrogen and oxygen atoms in total. The number of nitrogens with one attached hydrogen (secondary N) is 1. The number of rotatable bonds is 4. The third-order valence-electron chi connectivity index (χ3n) is 2.47. The van der Waals surface area contributed by atoms with Gasteiger partial charge in [-0.1, -0.05) is 13.8 Å². The van der Waals surface area contributed by atoms with E-state index in [2.05, 4.69) is 19.2 Å². The van der Waals surface area contributed by atoms with E-state index in [0.29, 0.717) is 0 Å². The predicted octanol–water partition coefficient (Wildman–Crippen LogP) is 1.66. The Morgan fingerprint density at radius 1 is 1.50 bits per heavy atom. The van der Waals surface area contributed by atoms with Gasteiger partial charge in [-0.25, -0.2) is 0 Å². The van der Waals surface area contributed by atoms with Gasteiger partial charge in [0.1, 0.15) is 0 Å². The molecule has 1 heterocycles. The van der Waals surface area contributed by atoms with Crippen LogP contribution in [0.15, 0.2) is 0 Å². The molecule has 1 aliphatic heterocycles. The van der Waals surface area contributed by atoms with Gasteiger partial charge in [-0.15, -0.1) is 0 Å². The highest BCUT2D eigenvalue weighted by Gasteiger charge is 2.23. The fourth-order valence-electron chi connectivity index (χ4n) is 2.01. The standard InChI is InChI=1S/C10H21NO/c1-8(2)4-10-5-9(6-11-10)7-12-3/h8-11H,4-7H2,1-3H3. The molecule has 0 aromatic heterocycles. The Kier molecular flexibility index (Phi) is 4.02. The van der Waals surface area contributed by atoms with Gasteiger partial charge in [-0.2, -0.15) is 0 Å². The Labute approximate surface area is 75.7 Å². The number of ether oxygens (including phenoxy) is 1. The molecule has 0 aromatic rings. The topological polar surface area (TPSA) is 21.3 Å². The first-order valence-electron chi connectivity index (χ1n) is 4.94. The fourth-order valence-corrected chi connectivity index (χ4v) is 2.01. The zero-order valence-corrected chi connectivity index (χ0v) is 8.47. The van der Waals surface area contributed by atoms with Crippen molar-refractivity contribution in [1.29, 1.82) is 0 Å². The third kappa shape index (κ3) is 3.11. The summed E-state index contributed by atoms with van der Waals surface area (Å²) < 4.78 is 5.14. The lowest BCUT2D eigenvalue weighted by Gasteiger charge is -2.12. The molecule has 0 amide bonds. The molecule has 0 bridgehead atoms. The van der Waals surface area contributed by atoms with Crippen molar-refractivity contribution in [3.05, 3.63) is 0 Å². The van der Waals surface area contributed by atoms with Crippen LogP contribution in [0.1, 0.15) is 26.7 Å². The van der Waals surface area contributed by atoms with Crippen LogP contribution in [0.4, 0.5) is 0 Å². The average Bonchev–Trinajstić information content (AvgIpc) is 2.36. The highest BCUT2D eigenvalue weighted by Crippen LogP contribution is 2.19. The van der Waals surface area contributed by atoms with E-state index in [0.717, 1.165) is 31.0 Å². The molecule has 1 aliphatic rings. The van der Waals surface area contributed by atoms with Crippen LogP contribution in [0.25, 0.3) is 0 Å². The molecular weight excluding hydrogens is 150 g/mol. The van der Waals surface area contributed by atoms with E-state index in [1.165, 1.54) is 12.8 Å². The van der Waals surface area contributed by atoms with E-state index in [-0.39, 0.29) is 0 Å². The maximum Gasteiger partial charge on any atom is 0.0503 e. The van der Waals surface area contributed by atoms with Crippen LogP contribution >= 0.6 is 0 Å². The minimum atomic E-state index is 0.741. The van der Waals surface area contributed by atoms with Crippen molar-refractivity contribution in [3.8, 4) is 0 Å². The maximum absolute atomic E-state index is 5.14. The van der Waals surface area contributed by atoms with Crippen LogP contribution in [0, 0.1) is 11.8 Å². The van der Waals surface area contributed by atoms with Gasteiger partial charge in [-0.3, -0.25) is 0 Å². The van der Waals surface area contributed by atoms with Gasteiger partial charge >= 0.3 is 0 Å². The molecule has 12 heavy (non-hydrogen) atoms. The summed E-state index contributed by atoms with van der Waals surface area (Å²) in [4.78, 5) is 0. The van der Waals surface area contributed by atoms with Gasteiger partial charge in [0, 0.05) is 19.7 Å². The highest BCUT2D eigenvalue weighted by molar-refractivity contribution is 4.81. The Morgan fingerprint density at radius 2 is 2.25 bits per heavy atom. The molecule has 2 atom stereocenters. The summed E-state index contributed by atoms with van der Waals surface area (Å²) in [5.74, 6) is 1.56. The molecule has 1 fully saturated rings. The van der Waals surface area contributed by atoms with Gasteiger partial charge in [0.25, 0.3) is 0 Å². The van der Waals surface area contributed by atoms with Crippen molar-refractivity contribution >= 4 is 0 Å². The number of hydrogen-bond donors (Lipinski definition) is 1.